The predicted octanol–water partition coefficient (Wildman–Crippen LogP) is 6.19. The summed E-state index contributed by atoms with van der Waals surface area (Å²) in [5, 5.41) is 0. The van der Waals surface area contributed by atoms with Gasteiger partial charge in [0.15, 0.2) is 0 Å². The zero-order valence-electron chi connectivity index (χ0n) is 18.9. The Labute approximate surface area is 159 Å². The smallest absolute Gasteiger partial charge is 0.0644 e. The highest BCUT2D eigenvalue weighted by Gasteiger charge is 2.21. The molecule has 0 aliphatic heterocycles. The minimum atomic E-state index is -0.0933. The monoisotopic (exact) mass is 359 g/mol. The molecule has 0 aromatic rings. The third-order valence-electron chi connectivity index (χ3n) is 4.93. The summed E-state index contributed by atoms with van der Waals surface area (Å²) >= 11 is 0. The van der Waals surface area contributed by atoms with Crippen LogP contribution in [0.1, 0.15) is 100 Å². The van der Waals surface area contributed by atoms with Crippen molar-refractivity contribution in [2.45, 2.75) is 112 Å². The Bertz CT molecular complexity index is 282. The molecule has 0 heterocycles. The summed E-state index contributed by atoms with van der Waals surface area (Å²) in [6.45, 7) is 18.6. The fourth-order valence-electron chi connectivity index (χ4n) is 3.01. The number of nitrogens with two attached hydrogens (primary N) is 1. The van der Waals surface area contributed by atoms with E-state index in [9.17, 15) is 0 Å². The SMILES string of the molecule is CC.CC1CCCC(C)C1.COC(C)(C)CCOC(C)(C)CCCN. The maximum absolute atomic E-state index is 5.83. The first kappa shape index (κ1) is 27.1. The number of methoxy groups -OCH3 is 1. The fourth-order valence-corrected chi connectivity index (χ4v) is 3.01. The van der Waals surface area contributed by atoms with Crippen molar-refractivity contribution in [3.05, 3.63) is 0 Å². The normalized spacial score (nSPS) is 20.9. The molecular formula is C22H49NO2. The molecule has 0 saturated heterocycles. The fraction of sp³-hybridized carbons (Fsp3) is 1.00. The number of hydrogen-bond acceptors (Lipinski definition) is 3. The van der Waals surface area contributed by atoms with Crippen LogP contribution in [0, 0.1) is 11.8 Å². The van der Waals surface area contributed by atoms with Crippen molar-refractivity contribution in [1.29, 1.82) is 0 Å². The molecule has 0 bridgehead atoms. The summed E-state index contributed by atoms with van der Waals surface area (Å²) in [5.41, 5.74) is 5.32. The third-order valence-corrected chi connectivity index (χ3v) is 4.93. The number of rotatable bonds is 8. The Morgan fingerprint density at radius 2 is 1.44 bits per heavy atom. The highest BCUT2D eigenvalue weighted by molar-refractivity contribution is 4.72. The summed E-state index contributed by atoms with van der Waals surface area (Å²) < 4.78 is 11.2. The van der Waals surface area contributed by atoms with E-state index in [1.807, 2.05) is 13.8 Å². The Morgan fingerprint density at radius 1 is 0.920 bits per heavy atom. The van der Waals surface area contributed by atoms with Crippen LogP contribution in [0.2, 0.25) is 0 Å². The standard InChI is InChI=1S/C12H27NO2.C8H16.C2H6/c1-11(2,14-5)8-10-15-12(3,4)7-6-9-13;1-7-4-3-5-8(2)6-7;1-2/h6-10,13H2,1-5H3;7-8H,3-6H2,1-2H3;1-2H3. The molecule has 0 spiro atoms. The molecule has 2 unspecified atom stereocenters. The maximum atomic E-state index is 5.83. The molecule has 1 rings (SSSR count). The van der Waals surface area contributed by atoms with Gasteiger partial charge in [-0.05, 0) is 71.8 Å². The molecule has 0 radical (unpaired) electrons. The quantitative estimate of drug-likeness (QED) is 0.561. The van der Waals surface area contributed by atoms with Crippen molar-refractivity contribution < 1.29 is 9.47 Å². The van der Waals surface area contributed by atoms with Crippen LogP contribution in [-0.2, 0) is 9.47 Å². The van der Waals surface area contributed by atoms with Crippen molar-refractivity contribution >= 4 is 0 Å². The second-order valence-corrected chi connectivity index (χ2v) is 8.59. The number of ether oxygens (including phenoxy) is 2. The third kappa shape index (κ3) is 17.1. The zero-order valence-corrected chi connectivity index (χ0v) is 18.9. The first-order valence-corrected chi connectivity index (χ1v) is 10.5. The molecule has 1 aliphatic carbocycles. The van der Waals surface area contributed by atoms with Crippen LogP contribution < -0.4 is 5.73 Å². The van der Waals surface area contributed by atoms with Gasteiger partial charge in [0.05, 0.1) is 17.8 Å². The maximum Gasteiger partial charge on any atom is 0.0644 e. The van der Waals surface area contributed by atoms with Crippen LogP contribution >= 0.6 is 0 Å². The molecule has 1 aliphatic rings. The van der Waals surface area contributed by atoms with Gasteiger partial charge in [0, 0.05) is 7.11 Å². The van der Waals surface area contributed by atoms with E-state index >= 15 is 0 Å². The van der Waals surface area contributed by atoms with E-state index in [1.165, 1.54) is 25.7 Å². The van der Waals surface area contributed by atoms with Gasteiger partial charge in [0.2, 0.25) is 0 Å². The van der Waals surface area contributed by atoms with Gasteiger partial charge in [0.25, 0.3) is 0 Å². The highest BCUT2D eigenvalue weighted by atomic mass is 16.5. The first-order valence-electron chi connectivity index (χ1n) is 10.5. The molecule has 1 fully saturated rings. The van der Waals surface area contributed by atoms with Crippen LogP contribution in [0.3, 0.4) is 0 Å². The van der Waals surface area contributed by atoms with E-state index < -0.39 is 0 Å². The van der Waals surface area contributed by atoms with Gasteiger partial charge in [-0.25, -0.2) is 0 Å². The first-order chi connectivity index (χ1) is 11.6. The Morgan fingerprint density at radius 3 is 1.80 bits per heavy atom. The minimum Gasteiger partial charge on any atom is -0.379 e. The van der Waals surface area contributed by atoms with Crippen LogP contribution in [0.4, 0.5) is 0 Å². The van der Waals surface area contributed by atoms with Crippen LogP contribution in [-0.4, -0.2) is 31.5 Å². The van der Waals surface area contributed by atoms with E-state index in [1.54, 1.807) is 7.11 Å². The summed E-state index contributed by atoms with van der Waals surface area (Å²) in [6, 6.07) is 0. The van der Waals surface area contributed by atoms with Gasteiger partial charge in [-0.3, -0.25) is 0 Å². The molecule has 1 saturated carbocycles. The molecule has 0 amide bonds. The molecule has 0 aromatic carbocycles. The van der Waals surface area contributed by atoms with Gasteiger partial charge in [-0.15, -0.1) is 0 Å². The molecule has 154 valence electrons. The second-order valence-electron chi connectivity index (χ2n) is 8.59. The van der Waals surface area contributed by atoms with Crippen LogP contribution in [0.15, 0.2) is 0 Å². The number of hydrogen-bond donors (Lipinski definition) is 1. The van der Waals surface area contributed by atoms with Crippen molar-refractivity contribution in [3.8, 4) is 0 Å². The summed E-state index contributed by atoms with van der Waals surface area (Å²) in [6.07, 6.45) is 8.84. The van der Waals surface area contributed by atoms with E-state index in [4.69, 9.17) is 15.2 Å². The lowest BCUT2D eigenvalue weighted by atomic mass is 9.84. The Hall–Kier alpha value is -0.120. The molecule has 0 aromatic heterocycles. The van der Waals surface area contributed by atoms with Crippen molar-refractivity contribution in [1.82, 2.24) is 0 Å². The van der Waals surface area contributed by atoms with Gasteiger partial charge < -0.3 is 15.2 Å². The molecular weight excluding hydrogens is 310 g/mol. The van der Waals surface area contributed by atoms with Gasteiger partial charge in [-0.1, -0.05) is 47.0 Å². The van der Waals surface area contributed by atoms with Gasteiger partial charge in [-0.2, -0.15) is 0 Å². The van der Waals surface area contributed by atoms with Crippen LogP contribution in [0.25, 0.3) is 0 Å². The molecule has 3 nitrogen and oxygen atoms in total. The van der Waals surface area contributed by atoms with E-state index in [0.717, 1.165) is 44.2 Å². The average Bonchev–Trinajstić information content (AvgIpc) is 2.55. The van der Waals surface area contributed by atoms with E-state index in [2.05, 4.69) is 41.5 Å². The lowest BCUT2D eigenvalue weighted by Crippen LogP contribution is -2.30. The lowest BCUT2D eigenvalue weighted by molar-refractivity contribution is -0.0615. The average molecular weight is 360 g/mol. The van der Waals surface area contributed by atoms with Crippen molar-refractivity contribution in [2.24, 2.45) is 17.6 Å². The molecule has 25 heavy (non-hydrogen) atoms. The largest absolute Gasteiger partial charge is 0.379 e. The van der Waals surface area contributed by atoms with Crippen molar-refractivity contribution in [3.63, 3.8) is 0 Å². The lowest BCUT2D eigenvalue weighted by Gasteiger charge is -2.28. The van der Waals surface area contributed by atoms with Crippen LogP contribution in [0.5, 0.6) is 0 Å². The Kier molecular flexibility index (Phi) is 16.2. The summed E-state index contributed by atoms with van der Waals surface area (Å²) in [7, 11) is 1.74. The van der Waals surface area contributed by atoms with E-state index in [-0.39, 0.29) is 11.2 Å². The van der Waals surface area contributed by atoms with Crippen molar-refractivity contribution in [2.75, 3.05) is 20.3 Å². The highest BCUT2D eigenvalue weighted by Crippen LogP contribution is 2.27. The Balaban J connectivity index is 0. The minimum absolute atomic E-state index is 0.0663. The second kappa shape index (κ2) is 15.0. The molecule has 3 heteroatoms. The molecule has 2 N–H and O–H groups in total. The summed E-state index contributed by atoms with van der Waals surface area (Å²) in [4.78, 5) is 0. The predicted molar refractivity (Wildman–Crippen MR) is 112 cm³/mol. The van der Waals surface area contributed by atoms with Gasteiger partial charge in [0.1, 0.15) is 0 Å². The van der Waals surface area contributed by atoms with Gasteiger partial charge >= 0.3 is 0 Å². The molecule has 2 atom stereocenters. The zero-order chi connectivity index (χ0) is 19.9. The summed E-state index contributed by atoms with van der Waals surface area (Å²) in [5.74, 6) is 2.03. The van der Waals surface area contributed by atoms with E-state index in [0.29, 0.717) is 0 Å². The topological polar surface area (TPSA) is 44.5 Å².